The highest BCUT2D eigenvalue weighted by molar-refractivity contribution is 5.71. The molecule has 0 aromatic carbocycles. The molecule has 0 amide bonds. The predicted octanol–water partition coefficient (Wildman–Crippen LogP) is 17.4. The number of hydrogen-bond acceptors (Lipinski definition) is 6. The van der Waals surface area contributed by atoms with E-state index in [0.29, 0.717) is 19.3 Å². The van der Waals surface area contributed by atoms with E-state index in [1.165, 1.54) is 116 Å². The predicted molar refractivity (Wildman–Crippen MR) is 270 cm³/mol. The molecule has 0 aliphatic heterocycles. The first-order valence-corrected chi connectivity index (χ1v) is 26.4. The quantitative estimate of drug-likeness (QED) is 0.0262. The van der Waals surface area contributed by atoms with Crippen LogP contribution < -0.4 is 0 Å². The second-order valence-corrected chi connectivity index (χ2v) is 17.4. The molecule has 0 radical (unpaired) electrons. The first kappa shape index (κ1) is 59.9. The van der Waals surface area contributed by atoms with Crippen molar-refractivity contribution in [2.75, 3.05) is 13.2 Å². The molecule has 1 unspecified atom stereocenters. The third kappa shape index (κ3) is 49.7. The zero-order valence-corrected chi connectivity index (χ0v) is 41.3. The van der Waals surface area contributed by atoms with Gasteiger partial charge in [-0.15, -0.1) is 0 Å². The molecule has 0 N–H and O–H groups in total. The molecule has 0 saturated heterocycles. The number of hydrogen-bond donors (Lipinski definition) is 0. The van der Waals surface area contributed by atoms with E-state index >= 15 is 0 Å². The standard InChI is InChI=1S/C57H98O6/c1-4-7-10-13-16-18-20-22-24-26-27-28-29-31-32-34-36-38-41-44-47-50-56(59)62-53-54(52-61-55(58)49-46-43-40-15-12-9-6-3)63-57(60)51-48-45-42-39-37-35-33-30-25-23-21-19-17-14-11-8-5-2/h7,10,16,18,22,24,27-28,31-32,36,38,54H,4-6,8-9,11-15,17,19-21,23,25-26,29-30,33-35,37,39-53H2,1-3H3/b10-7-,18-16-,24-22-,28-27-,32-31-,38-36-. The molecule has 0 rings (SSSR count). The lowest BCUT2D eigenvalue weighted by atomic mass is 10.0. The van der Waals surface area contributed by atoms with Gasteiger partial charge in [-0.1, -0.05) is 235 Å². The summed E-state index contributed by atoms with van der Waals surface area (Å²) in [5.74, 6) is -0.934. The van der Waals surface area contributed by atoms with Gasteiger partial charge in [-0.3, -0.25) is 14.4 Å². The van der Waals surface area contributed by atoms with Gasteiger partial charge in [0.15, 0.2) is 6.10 Å². The molecular weight excluding hydrogens is 781 g/mol. The fourth-order valence-corrected chi connectivity index (χ4v) is 7.27. The van der Waals surface area contributed by atoms with E-state index in [4.69, 9.17) is 14.2 Å². The van der Waals surface area contributed by atoms with Gasteiger partial charge < -0.3 is 14.2 Å². The number of allylic oxidation sites excluding steroid dienone is 12. The Bertz CT molecular complexity index is 1190. The van der Waals surface area contributed by atoms with E-state index in [1.807, 2.05) is 0 Å². The van der Waals surface area contributed by atoms with Gasteiger partial charge in [-0.05, 0) is 70.6 Å². The van der Waals surface area contributed by atoms with Crippen molar-refractivity contribution in [2.45, 2.75) is 258 Å². The van der Waals surface area contributed by atoms with Crippen LogP contribution in [-0.4, -0.2) is 37.2 Å². The van der Waals surface area contributed by atoms with Crippen LogP contribution >= 0.6 is 0 Å². The Balaban J connectivity index is 4.32. The van der Waals surface area contributed by atoms with E-state index in [2.05, 4.69) is 93.7 Å². The fourth-order valence-electron chi connectivity index (χ4n) is 7.27. The number of carbonyl (C=O) groups is 3. The molecule has 0 bridgehead atoms. The summed E-state index contributed by atoms with van der Waals surface area (Å²) in [6.45, 7) is 6.46. The molecule has 6 heteroatoms. The minimum Gasteiger partial charge on any atom is -0.462 e. The Morgan fingerprint density at radius 2 is 0.619 bits per heavy atom. The summed E-state index contributed by atoms with van der Waals surface area (Å²) >= 11 is 0. The summed E-state index contributed by atoms with van der Waals surface area (Å²) in [6.07, 6.45) is 64.8. The molecule has 0 saturated carbocycles. The van der Waals surface area contributed by atoms with Gasteiger partial charge in [-0.2, -0.15) is 0 Å². The normalized spacial score (nSPS) is 12.6. The highest BCUT2D eigenvalue weighted by Gasteiger charge is 2.19. The lowest BCUT2D eigenvalue weighted by Gasteiger charge is -2.18. The zero-order chi connectivity index (χ0) is 45.8. The van der Waals surface area contributed by atoms with Crippen molar-refractivity contribution in [1.29, 1.82) is 0 Å². The van der Waals surface area contributed by atoms with Crippen molar-refractivity contribution < 1.29 is 28.6 Å². The maximum absolute atomic E-state index is 12.8. The van der Waals surface area contributed by atoms with E-state index < -0.39 is 6.10 Å². The lowest BCUT2D eigenvalue weighted by Crippen LogP contribution is -2.30. The zero-order valence-electron chi connectivity index (χ0n) is 41.3. The molecule has 0 heterocycles. The van der Waals surface area contributed by atoms with Gasteiger partial charge in [0.25, 0.3) is 0 Å². The molecule has 0 aliphatic carbocycles. The van der Waals surface area contributed by atoms with Crippen molar-refractivity contribution in [2.24, 2.45) is 0 Å². The SMILES string of the molecule is CC/C=C\C/C=C\C/C=C\C/C=C\C/C=C\C/C=C\CCCCC(=O)OCC(COC(=O)CCCCCCCCC)OC(=O)CCCCCCCCCCCCCCCCCCC. The molecule has 63 heavy (non-hydrogen) atoms. The smallest absolute Gasteiger partial charge is 0.306 e. The third-order valence-corrected chi connectivity index (χ3v) is 11.2. The van der Waals surface area contributed by atoms with Crippen LogP contribution in [0.1, 0.15) is 252 Å². The molecule has 1 atom stereocenters. The van der Waals surface area contributed by atoms with Gasteiger partial charge >= 0.3 is 17.9 Å². The largest absolute Gasteiger partial charge is 0.462 e. The van der Waals surface area contributed by atoms with Crippen LogP contribution in [0.2, 0.25) is 0 Å². The van der Waals surface area contributed by atoms with Gasteiger partial charge in [0.1, 0.15) is 13.2 Å². The minimum atomic E-state index is -0.788. The molecule has 0 aliphatic rings. The van der Waals surface area contributed by atoms with Crippen LogP contribution in [0.4, 0.5) is 0 Å². The maximum atomic E-state index is 12.8. The molecule has 0 aromatic heterocycles. The average molecular weight is 879 g/mol. The van der Waals surface area contributed by atoms with Crippen LogP contribution in [0.5, 0.6) is 0 Å². The fraction of sp³-hybridized carbons (Fsp3) is 0.737. The molecule has 0 aromatic rings. The second kappa shape index (κ2) is 51.5. The van der Waals surface area contributed by atoms with Crippen LogP contribution in [0.15, 0.2) is 72.9 Å². The van der Waals surface area contributed by atoms with Crippen molar-refractivity contribution in [1.82, 2.24) is 0 Å². The first-order chi connectivity index (χ1) is 31.0. The van der Waals surface area contributed by atoms with Gasteiger partial charge in [0, 0.05) is 19.3 Å². The summed E-state index contributed by atoms with van der Waals surface area (Å²) < 4.78 is 16.7. The number of rotatable bonds is 47. The lowest BCUT2D eigenvalue weighted by molar-refractivity contribution is -0.167. The summed E-state index contributed by atoms with van der Waals surface area (Å²) in [4.78, 5) is 37.8. The minimum absolute atomic E-state index is 0.0872. The molecule has 0 spiro atoms. The van der Waals surface area contributed by atoms with Crippen LogP contribution in [0.25, 0.3) is 0 Å². The van der Waals surface area contributed by atoms with Crippen LogP contribution in [0, 0.1) is 0 Å². The van der Waals surface area contributed by atoms with Crippen molar-refractivity contribution >= 4 is 17.9 Å². The maximum Gasteiger partial charge on any atom is 0.306 e. The Hall–Kier alpha value is -3.15. The molecule has 6 nitrogen and oxygen atoms in total. The Labute approximate surface area is 389 Å². The van der Waals surface area contributed by atoms with E-state index in [0.717, 1.165) is 96.3 Å². The first-order valence-electron chi connectivity index (χ1n) is 26.4. The summed E-state index contributed by atoms with van der Waals surface area (Å²) in [5.41, 5.74) is 0. The van der Waals surface area contributed by atoms with Crippen molar-refractivity contribution in [3.05, 3.63) is 72.9 Å². The summed E-state index contributed by atoms with van der Waals surface area (Å²) in [5, 5.41) is 0. The highest BCUT2D eigenvalue weighted by atomic mass is 16.6. The molecular formula is C57H98O6. The van der Waals surface area contributed by atoms with Crippen molar-refractivity contribution in [3.63, 3.8) is 0 Å². The van der Waals surface area contributed by atoms with Crippen LogP contribution in [0.3, 0.4) is 0 Å². The van der Waals surface area contributed by atoms with Gasteiger partial charge in [0.2, 0.25) is 0 Å². The van der Waals surface area contributed by atoms with E-state index in [9.17, 15) is 14.4 Å². The number of esters is 3. The van der Waals surface area contributed by atoms with E-state index in [-0.39, 0.29) is 31.1 Å². The average Bonchev–Trinajstić information content (AvgIpc) is 3.28. The van der Waals surface area contributed by atoms with Crippen LogP contribution in [-0.2, 0) is 28.6 Å². The van der Waals surface area contributed by atoms with Gasteiger partial charge in [0.05, 0.1) is 0 Å². The topological polar surface area (TPSA) is 78.9 Å². The summed E-state index contributed by atoms with van der Waals surface area (Å²) in [6, 6.07) is 0. The molecule has 362 valence electrons. The Morgan fingerprint density at radius 1 is 0.333 bits per heavy atom. The summed E-state index contributed by atoms with van der Waals surface area (Å²) in [7, 11) is 0. The Kier molecular flexibility index (Phi) is 48.9. The Morgan fingerprint density at radius 3 is 0.968 bits per heavy atom. The number of unbranched alkanes of at least 4 members (excludes halogenated alkanes) is 24. The van der Waals surface area contributed by atoms with Gasteiger partial charge in [-0.25, -0.2) is 0 Å². The van der Waals surface area contributed by atoms with Crippen molar-refractivity contribution in [3.8, 4) is 0 Å². The monoisotopic (exact) mass is 879 g/mol. The molecule has 0 fully saturated rings. The third-order valence-electron chi connectivity index (χ3n) is 11.2. The number of carbonyl (C=O) groups excluding carboxylic acids is 3. The second-order valence-electron chi connectivity index (χ2n) is 17.4. The van der Waals surface area contributed by atoms with E-state index in [1.54, 1.807) is 0 Å². The highest BCUT2D eigenvalue weighted by Crippen LogP contribution is 2.15. The number of ether oxygens (including phenoxy) is 3.